The van der Waals surface area contributed by atoms with Crippen molar-refractivity contribution in [2.75, 3.05) is 10.2 Å². The van der Waals surface area contributed by atoms with Gasteiger partial charge in [0.15, 0.2) is 11.5 Å². The number of fused-ring (bicyclic) bond motifs is 6. The Kier molecular flexibility index (Phi) is 4.60. The minimum Gasteiger partial charge on any atom is -0.461 e. The Labute approximate surface area is 213 Å². The third-order valence-corrected chi connectivity index (χ3v) is 7.92. The predicted molar refractivity (Wildman–Crippen MR) is 140 cm³/mol. The second kappa shape index (κ2) is 7.90. The molecule has 1 aromatic heterocycles. The van der Waals surface area contributed by atoms with E-state index in [1.807, 2.05) is 71.6 Å². The zero-order valence-corrected chi connectivity index (χ0v) is 19.7. The molecule has 6 nitrogen and oxygen atoms in total. The number of rotatable bonds is 4. The van der Waals surface area contributed by atoms with Gasteiger partial charge in [0.05, 0.1) is 18.2 Å². The van der Waals surface area contributed by atoms with Crippen LogP contribution in [0.1, 0.15) is 32.0 Å². The van der Waals surface area contributed by atoms with Crippen molar-refractivity contribution in [1.29, 1.82) is 0 Å². The fourth-order valence-electron chi connectivity index (χ4n) is 6.46. The fraction of sp³-hybridized carbons (Fsp3) is 0.129. The van der Waals surface area contributed by atoms with Crippen LogP contribution in [0.2, 0.25) is 0 Å². The van der Waals surface area contributed by atoms with Gasteiger partial charge in [0.2, 0.25) is 11.7 Å². The van der Waals surface area contributed by atoms with Crippen LogP contribution >= 0.6 is 0 Å². The van der Waals surface area contributed by atoms with Crippen LogP contribution in [-0.4, -0.2) is 29.6 Å². The number of nitrogens with zero attached hydrogens (tertiary/aromatic N) is 1. The summed E-state index contributed by atoms with van der Waals surface area (Å²) < 4.78 is 5.56. The first-order chi connectivity index (χ1) is 18.1. The van der Waals surface area contributed by atoms with Gasteiger partial charge in [-0.3, -0.25) is 14.4 Å². The second-order valence-corrected chi connectivity index (χ2v) is 9.63. The second-order valence-electron chi connectivity index (χ2n) is 9.63. The van der Waals surface area contributed by atoms with Crippen molar-refractivity contribution in [2.45, 2.75) is 17.5 Å². The molecule has 1 spiro atoms. The van der Waals surface area contributed by atoms with E-state index in [0.29, 0.717) is 16.8 Å². The molecule has 3 aliphatic rings. The Balaban J connectivity index is 1.55. The largest absolute Gasteiger partial charge is 0.461 e. The number of benzene rings is 3. The van der Waals surface area contributed by atoms with Gasteiger partial charge in [-0.25, -0.2) is 0 Å². The lowest BCUT2D eigenvalue weighted by molar-refractivity contribution is -0.121. The molecule has 0 bridgehead atoms. The number of hydrogen-bond acceptors (Lipinski definition) is 5. The molecule has 0 saturated carbocycles. The predicted octanol–water partition coefficient (Wildman–Crippen LogP) is 5.14. The Hall–Kier alpha value is -4.71. The number of nitrogens with one attached hydrogen (secondary N) is 1. The molecule has 0 radical (unpaired) electrons. The zero-order chi connectivity index (χ0) is 25.1. The lowest BCUT2D eigenvalue weighted by atomic mass is 9.64. The number of anilines is 2. The smallest absolute Gasteiger partial charge is 0.238 e. The summed E-state index contributed by atoms with van der Waals surface area (Å²) in [7, 11) is 0. The topological polar surface area (TPSA) is 79.6 Å². The first kappa shape index (κ1) is 21.6. The van der Waals surface area contributed by atoms with E-state index in [0.717, 1.165) is 11.3 Å². The molecule has 0 unspecified atom stereocenters. The maximum Gasteiger partial charge on any atom is 0.238 e. The molecule has 6 heteroatoms. The minimum atomic E-state index is -1.33. The van der Waals surface area contributed by atoms with Gasteiger partial charge < -0.3 is 14.6 Å². The Morgan fingerprint density at radius 2 is 1.59 bits per heavy atom. The highest BCUT2D eigenvalue weighted by molar-refractivity contribution is 6.18. The molecule has 180 valence electrons. The van der Waals surface area contributed by atoms with Crippen LogP contribution < -0.4 is 10.2 Å². The normalized spacial score (nSPS) is 24.9. The molecule has 0 aliphatic carbocycles. The highest BCUT2D eigenvalue weighted by Gasteiger charge is 2.70. The maximum atomic E-state index is 14.4. The van der Waals surface area contributed by atoms with E-state index in [1.165, 1.54) is 6.26 Å². The first-order valence-electron chi connectivity index (χ1n) is 12.3. The van der Waals surface area contributed by atoms with E-state index in [2.05, 4.69) is 5.32 Å². The number of para-hydroxylation sites is 2. The summed E-state index contributed by atoms with van der Waals surface area (Å²) in [5, 5.41) is 3.02. The lowest BCUT2D eigenvalue weighted by Gasteiger charge is -2.37. The first-order valence-corrected chi connectivity index (χ1v) is 12.3. The number of Topliss-reactive ketones (excluding diaryl/α,β-unsaturated/α-hetero) is 2. The van der Waals surface area contributed by atoms with Crippen LogP contribution in [0.3, 0.4) is 0 Å². The average molecular weight is 487 g/mol. The van der Waals surface area contributed by atoms with E-state index in [4.69, 9.17) is 4.42 Å². The van der Waals surface area contributed by atoms with Crippen LogP contribution in [-0.2, 0) is 10.2 Å². The molecule has 1 saturated heterocycles. The van der Waals surface area contributed by atoms with Crippen molar-refractivity contribution in [1.82, 2.24) is 0 Å². The van der Waals surface area contributed by atoms with E-state index < -0.39 is 23.4 Å². The molecule has 4 atom stereocenters. The van der Waals surface area contributed by atoms with Crippen LogP contribution in [0, 0.1) is 5.92 Å². The molecule has 7 rings (SSSR count). The monoisotopic (exact) mass is 486 g/mol. The number of amides is 1. The van der Waals surface area contributed by atoms with Crippen LogP contribution in [0.4, 0.5) is 11.4 Å². The molecule has 4 heterocycles. The van der Waals surface area contributed by atoms with Crippen LogP contribution in [0.15, 0.2) is 108 Å². The number of carbonyl (C=O) groups excluding carboxylic acids is 3. The third kappa shape index (κ3) is 2.84. The van der Waals surface area contributed by atoms with E-state index in [1.54, 1.807) is 36.4 Å². The zero-order valence-electron chi connectivity index (χ0n) is 19.7. The minimum absolute atomic E-state index is 0.129. The van der Waals surface area contributed by atoms with E-state index >= 15 is 0 Å². The Morgan fingerprint density at radius 1 is 0.838 bits per heavy atom. The lowest BCUT2D eigenvalue weighted by Crippen LogP contribution is -2.51. The van der Waals surface area contributed by atoms with Gasteiger partial charge in [-0.2, -0.15) is 0 Å². The summed E-state index contributed by atoms with van der Waals surface area (Å²) >= 11 is 0. The number of hydrogen-bond donors (Lipinski definition) is 1. The van der Waals surface area contributed by atoms with Crippen LogP contribution in [0.5, 0.6) is 0 Å². The standard InChI is InChI=1S/C31H22N2O4/c34-28(20-10-2-1-3-11-20)27-26(29(35)24-15-8-18-37-24)31(21-12-5-6-13-22(21)32-30(31)36)25-17-16-19-9-4-7-14-23(19)33(25)27/h1-18,25-27H,(H,32,36)/t25-,26+,27-,31-/m1/s1. The van der Waals surface area contributed by atoms with E-state index in [9.17, 15) is 14.4 Å². The number of ketones is 2. The SMILES string of the molecule is O=C(c1ccco1)[C@@H]1[C@H](C(=O)c2ccccc2)N2c3ccccc3C=C[C@@H]2[C@@]12C(=O)Nc1ccccc12. The maximum absolute atomic E-state index is 14.4. The van der Waals surface area contributed by atoms with Crippen molar-refractivity contribution in [3.05, 3.63) is 126 Å². The van der Waals surface area contributed by atoms with Gasteiger partial charge in [-0.05, 0) is 35.4 Å². The summed E-state index contributed by atoms with van der Waals surface area (Å²) in [5.41, 5.74) is 2.27. The highest BCUT2D eigenvalue weighted by atomic mass is 16.3. The van der Waals surface area contributed by atoms with Gasteiger partial charge in [0.1, 0.15) is 11.5 Å². The number of carbonyl (C=O) groups is 3. The molecule has 1 fully saturated rings. The number of furan rings is 1. The van der Waals surface area contributed by atoms with Crippen molar-refractivity contribution >= 4 is 34.9 Å². The summed E-state index contributed by atoms with van der Waals surface area (Å²) in [6.07, 6.45) is 5.38. The van der Waals surface area contributed by atoms with Crippen molar-refractivity contribution in [3.63, 3.8) is 0 Å². The van der Waals surface area contributed by atoms with Gasteiger partial charge in [0, 0.05) is 16.9 Å². The Bertz CT molecular complexity index is 1590. The molecule has 4 aromatic rings. The summed E-state index contributed by atoms with van der Waals surface area (Å²) in [5.74, 6) is -1.78. The molecule has 1 N–H and O–H groups in total. The van der Waals surface area contributed by atoms with Gasteiger partial charge in [0.25, 0.3) is 0 Å². The molecule has 3 aromatic carbocycles. The molecule has 37 heavy (non-hydrogen) atoms. The van der Waals surface area contributed by atoms with Crippen molar-refractivity contribution in [3.8, 4) is 0 Å². The van der Waals surface area contributed by atoms with Gasteiger partial charge in [-0.15, -0.1) is 0 Å². The highest BCUT2D eigenvalue weighted by Crippen LogP contribution is 2.58. The van der Waals surface area contributed by atoms with E-state index in [-0.39, 0.29) is 23.2 Å². The summed E-state index contributed by atoms with van der Waals surface area (Å²) in [6, 6.07) is 25.9. The quantitative estimate of drug-likeness (QED) is 0.404. The average Bonchev–Trinajstić information content (AvgIpc) is 3.65. The molecular formula is C31H22N2O4. The molecule has 3 aliphatic heterocycles. The molecule has 1 amide bonds. The summed E-state index contributed by atoms with van der Waals surface area (Å²) in [4.78, 5) is 44.9. The Morgan fingerprint density at radius 3 is 2.41 bits per heavy atom. The third-order valence-electron chi connectivity index (χ3n) is 7.92. The van der Waals surface area contributed by atoms with Crippen LogP contribution in [0.25, 0.3) is 6.08 Å². The fourth-order valence-corrected chi connectivity index (χ4v) is 6.46. The van der Waals surface area contributed by atoms with Gasteiger partial charge in [-0.1, -0.05) is 78.9 Å². The van der Waals surface area contributed by atoms with Gasteiger partial charge >= 0.3 is 0 Å². The van der Waals surface area contributed by atoms with Crippen molar-refractivity contribution in [2.24, 2.45) is 5.92 Å². The molecular weight excluding hydrogens is 464 g/mol. The summed E-state index contributed by atoms with van der Waals surface area (Å²) in [6.45, 7) is 0. The van der Waals surface area contributed by atoms with Crippen molar-refractivity contribution < 1.29 is 18.8 Å².